The Hall–Kier alpha value is -2.62. The van der Waals surface area contributed by atoms with Crippen molar-refractivity contribution in [1.82, 2.24) is 9.97 Å². The first-order valence-corrected chi connectivity index (χ1v) is 8.44. The third-order valence-corrected chi connectivity index (χ3v) is 4.36. The fourth-order valence-electron chi connectivity index (χ4n) is 2.74. The van der Waals surface area contributed by atoms with Crippen molar-refractivity contribution < 1.29 is 0 Å². The Labute approximate surface area is 163 Å². The predicted octanol–water partition coefficient (Wildman–Crippen LogP) is 6.42. The van der Waals surface area contributed by atoms with Crippen molar-refractivity contribution in [2.75, 3.05) is 5.32 Å². The Kier molecular flexibility index (Phi) is 5.40. The van der Waals surface area contributed by atoms with E-state index in [1.807, 2.05) is 66.7 Å². The Bertz CT molecular complexity index is 1050. The molecular formula is C21H17Cl2N3. The average molecular weight is 382 g/mol. The normalized spacial score (nSPS) is 10.4. The summed E-state index contributed by atoms with van der Waals surface area (Å²) in [4.78, 5) is 9.48. The van der Waals surface area contributed by atoms with Gasteiger partial charge < -0.3 is 5.32 Å². The molecule has 0 unspecified atom stereocenters. The number of para-hydroxylation sites is 2. The van der Waals surface area contributed by atoms with Gasteiger partial charge in [-0.3, -0.25) is 0 Å². The van der Waals surface area contributed by atoms with E-state index >= 15 is 0 Å². The lowest BCUT2D eigenvalue weighted by Gasteiger charge is -2.12. The molecule has 0 fully saturated rings. The fourth-order valence-corrected chi connectivity index (χ4v) is 2.87. The molecule has 0 bridgehead atoms. The van der Waals surface area contributed by atoms with Crippen LogP contribution in [0.1, 0.15) is 5.56 Å². The summed E-state index contributed by atoms with van der Waals surface area (Å²) in [5.41, 5.74) is 4.04. The predicted molar refractivity (Wildman–Crippen MR) is 112 cm³/mol. The lowest BCUT2D eigenvalue weighted by Crippen LogP contribution is -2.00. The monoisotopic (exact) mass is 381 g/mol. The van der Waals surface area contributed by atoms with Crippen LogP contribution in [0.5, 0.6) is 0 Å². The number of anilines is 2. The SMILES string of the molecule is Cc1ccccc1Nc1nc(-c2ccc(Cl)cc2)nc2ccccc12.Cl. The highest BCUT2D eigenvalue weighted by Gasteiger charge is 2.10. The molecule has 0 saturated heterocycles. The number of fused-ring (bicyclic) bond motifs is 1. The average Bonchev–Trinajstić information content (AvgIpc) is 2.64. The lowest BCUT2D eigenvalue weighted by atomic mass is 10.1. The number of hydrogen-bond acceptors (Lipinski definition) is 3. The van der Waals surface area contributed by atoms with E-state index in [1.165, 1.54) is 5.56 Å². The molecule has 0 saturated carbocycles. The van der Waals surface area contributed by atoms with Gasteiger partial charge in [0, 0.05) is 21.7 Å². The first kappa shape index (κ1) is 18.2. The maximum Gasteiger partial charge on any atom is 0.162 e. The molecule has 0 aliphatic carbocycles. The molecule has 4 aromatic rings. The number of benzene rings is 3. The molecule has 0 spiro atoms. The molecule has 26 heavy (non-hydrogen) atoms. The van der Waals surface area contributed by atoms with Gasteiger partial charge in [-0.1, -0.05) is 41.9 Å². The van der Waals surface area contributed by atoms with Crippen LogP contribution in [0, 0.1) is 6.92 Å². The zero-order valence-corrected chi connectivity index (χ0v) is 15.7. The first-order chi connectivity index (χ1) is 12.2. The van der Waals surface area contributed by atoms with Crippen molar-refractivity contribution in [3.05, 3.63) is 83.4 Å². The minimum atomic E-state index is 0. The van der Waals surface area contributed by atoms with Crippen LogP contribution in [-0.4, -0.2) is 9.97 Å². The molecule has 1 heterocycles. The van der Waals surface area contributed by atoms with Gasteiger partial charge in [0.25, 0.3) is 0 Å². The molecule has 5 heteroatoms. The molecule has 0 atom stereocenters. The highest BCUT2D eigenvalue weighted by molar-refractivity contribution is 6.30. The van der Waals surface area contributed by atoms with E-state index in [2.05, 4.69) is 18.3 Å². The number of hydrogen-bond donors (Lipinski definition) is 1. The van der Waals surface area contributed by atoms with Gasteiger partial charge in [-0.15, -0.1) is 12.4 Å². The highest BCUT2D eigenvalue weighted by atomic mass is 35.5. The number of halogens is 2. The van der Waals surface area contributed by atoms with Crippen LogP contribution in [0.25, 0.3) is 22.3 Å². The van der Waals surface area contributed by atoms with Crippen LogP contribution in [0.15, 0.2) is 72.8 Å². The molecular weight excluding hydrogens is 365 g/mol. The van der Waals surface area contributed by atoms with Gasteiger partial charge in [-0.05, 0) is 55.0 Å². The van der Waals surface area contributed by atoms with Crippen LogP contribution in [0.4, 0.5) is 11.5 Å². The van der Waals surface area contributed by atoms with E-state index in [4.69, 9.17) is 21.6 Å². The molecule has 4 rings (SSSR count). The zero-order valence-electron chi connectivity index (χ0n) is 14.1. The molecule has 130 valence electrons. The Morgan fingerprint density at radius 1 is 0.808 bits per heavy atom. The summed E-state index contributed by atoms with van der Waals surface area (Å²) < 4.78 is 0. The van der Waals surface area contributed by atoms with Crippen LogP contribution in [0.3, 0.4) is 0 Å². The van der Waals surface area contributed by atoms with Crippen molar-refractivity contribution in [2.45, 2.75) is 6.92 Å². The first-order valence-electron chi connectivity index (χ1n) is 8.06. The highest BCUT2D eigenvalue weighted by Crippen LogP contribution is 2.28. The maximum atomic E-state index is 6.00. The smallest absolute Gasteiger partial charge is 0.162 e. The van der Waals surface area contributed by atoms with Crippen molar-refractivity contribution in [2.24, 2.45) is 0 Å². The zero-order chi connectivity index (χ0) is 17.2. The minimum absolute atomic E-state index is 0. The molecule has 1 aromatic heterocycles. The Balaban J connectivity index is 0.00000196. The number of nitrogens with one attached hydrogen (secondary N) is 1. The van der Waals surface area contributed by atoms with Gasteiger partial charge in [0.05, 0.1) is 5.52 Å². The number of aryl methyl sites for hydroxylation is 1. The molecule has 0 amide bonds. The molecule has 0 aliphatic heterocycles. The summed E-state index contributed by atoms with van der Waals surface area (Å²) in [7, 11) is 0. The van der Waals surface area contributed by atoms with Crippen molar-refractivity contribution in [3.63, 3.8) is 0 Å². The summed E-state index contributed by atoms with van der Waals surface area (Å²) in [6.45, 7) is 2.08. The van der Waals surface area contributed by atoms with Gasteiger partial charge in [0.2, 0.25) is 0 Å². The van der Waals surface area contributed by atoms with Crippen LogP contribution < -0.4 is 5.32 Å². The quantitative estimate of drug-likeness (QED) is 0.444. The Morgan fingerprint density at radius 3 is 2.27 bits per heavy atom. The van der Waals surface area contributed by atoms with Crippen molar-refractivity contribution >= 4 is 46.4 Å². The van der Waals surface area contributed by atoms with E-state index in [9.17, 15) is 0 Å². The maximum absolute atomic E-state index is 6.00. The second kappa shape index (κ2) is 7.73. The van der Waals surface area contributed by atoms with Crippen molar-refractivity contribution in [1.29, 1.82) is 0 Å². The van der Waals surface area contributed by atoms with Crippen LogP contribution >= 0.6 is 24.0 Å². The van der Waals surface area contributed by atoms with Gasteiger partial charge in [-0.25, -0.2) is 9.97 Å². The van der Waals surface area contributed by atoms with E-state index in [1.54, 1.807) is 0 Å². The standard InChI is InChI=1S/C21H16ClN3.ClH/c1-14-6-2-4-8-18(14)23-21-17-7-3-5-9-19(17)24-20(25-21)15-10-12-16(22)13-11-15;/h2-13H,1H3,(H,23,24,25);1H. The molecule has 1 N–H and O–H groups in total. The molecule has 0 radical (unpaired) electrons. The number of aromatic nitrogens is 2. The summed E-state index contributed by atoms with van der Waals surface area (Å²) in [6, 6.07) is 23.7. The van der Waals surface area contributed by atoms with Crippen LogP contribution in [0.2, 0.25) is 5.02 Å². The largest absolute Gasteiger partial charge is 0.339 e. The minimum Gasteiger partial charge on any atom is -0.339 e. The third-order valence-electron chi connectivity index (χ3n) is 4.10. The summed E-state index contributed by atoms with van der Waals surface area (Å²) in [6.07, 6.45) is 0. The van der Waals surface area contributed by atoms with Crippen molar-refractivity contribution in [3.8, 4) is 11.4 Å². The second-order valence-electron chi connectivity index (χ2n) is 5.86. The second-order valence-corrected chi connectivity index (χ2v) is 6.30. The fraction of sp³-hybridized carbons (Fsp3) is 0.0476. The van der Waals surface area contributed by atoms with Gasteiger partial charge in [0.15, 0.2) is 5.82 Å². The molecule has 3 aromatic carbocycles. The third kappa shape index (κ3) is 3.64. The summed E-state index contributed by atoms with van der Waals surface area (Å²) in [5.74, 6) is 1.47. The van der Waals surface area contributed by atoms with E-state index < -0.39 is 0 Å². The lowest BCUT2D eigenvalue weighted by molar-refractivity contribution is 1.22. The summed E-state index contributed by atoms with van der Waals surface area (Å²) in [5, 5.41) is 5.15. The van der Waals surface area contributed by atoms with Gasteiger partial charge in [0.1, 0.15) is 5.82 Å². The molecule has 0 aliphatic rings. The van der Waals surface area contributed by atoms with Gasteiger partial charge in [-0.2, -0.15) is 0 Å². The van der Waals surface area contributed by atoms with Gasteiger partial charge >= 0.3 is 0 Å². The van der Waals surface area contributed by atoms with E-state index in [0.717, 1.165) is 28.0 Å². The topological polar surface area (TPSA) is 37.8 Å². The van der Waals surface area contributed by atoms with E-state index in [0.29, 0.717) is 10.8 Å². The molecule has 3 nitrogen and oxygen atoms in total. The Morgan fingerprint density at radius 2 is 1.50 bits per heavy atom. The number of rotatable bonds is 3. The number of nitrogens with zero attached hydrogens (tertiary/aromatic N) is 2. The summed E-state index contributed by atoms with van der Waals surface area (Å²) >= 11 is 6.00. The van der Waals surface area contributed by atoms with Crippen LogP contribution in [-0.2, 0) is 0 Å². The van der Waals surface area contributed by atoms with E-state index in [-0.39, 0.29) is 12.4 Å².